The van der Waals surface area contributed by atoms with Crippen LogP contribution in [0.25, 0.3) is 0 Å². The highest BCUT2D eigenvalue weighted by molar-refractivity contribution is 5.84. The van der Waals surface area contributed by atoms with E-state index in [-0.39, 0.29) is 31.3 Å². The number of unbranched alkanes of at least 4 members (excludes halogenated alkanes) is 2. The van der Waals surface area contributed by atoms with Gasteiger partial charge in [0.2, 0.25) is 5.91 Å². The molecule has 0 heterocycles. The predicted octanol–water partition coefficient (Wildman–Crippen LogP) is 2.68. The fourth-order valence-corrected chi connectivity index (χ4v) is 2.58. The predicted molar refractivity (Wildman–Crippen MR) is 106 cm³/mol. The summed E-state index contributed by atoms with van der Waals surface area (Å²) in [5, 5.41) is 14.2. The zero-order valence-electron chi connectivity index (χ0n) is 17.0. The van der Waals surface area contributed by atoms with E-state index < -0.39 is 18.1 Å². The summed E-state index contributed by atoms with van der Waals surface area (Å²) in [5.74, 6) is -1.19. The Morgan fingerprint density at radius 3 is 2.52 bits per heavy atom. The van der Waals surface area contributed by atoms with Crippen LogP contribution >= 0.6 is 0 Å². The smallest absolute Gasteiger partial charge is 0.407 e. The molecule has 158 valence electrons. The van der Waals surface area contributed by atoms with Gasteiger partial charge < -0.3 is 20.1 Å². The molecule has 0 aliphatic rings. The molecule has 8 nitrogen and oxygen atoms in total. The van der Waals surface area contributed by atoms with Gasteiger partial charge in [0, 0.05) is 18.9 Å². The number of hydrogen-bond donors (Lipinski definition) is 2. The molecule has 2 atom stereocenters. The minimum atomic E-state index is -0.816. The Bertz CT molecular complexity index is 687. The largest absolute Gasteiger partial charge is 0.467 e. The van der Waals surface area contributed by atoms with Crippen molar-refractivity contribution in [2.45, 2.75) is 51.7 Å². The van der Waals surface area contributed by atoms with Crippen molar-refractivity contribution in [2.24, 2.45) is 5.92 Å². The van der Waals surface area contributed by atoms with Gasteiger partial charge in [0.05, 0.1) is 13.2 Å². The Labute approximate surface area is 171 Å². The normalized spacial score (nSPS) is 12.2. The Balaban J connectivity index is 2.15. The van der Waals surface area contributed by atoms with Gasteiger partial charge in [-0.2, -0.15) is 5.26 Å². The summed E-state index contributed by atoms with van der Waals surface area (Å²) < 4.78 is 9.78. The van der Waals surface area contributed by atoms with Crippen molar-refractivity contribution >= 4 is 18.0 Å². The molecular weight excluding hydrogens is 374 g/mol. The number of rotatable bonds is 12. The van der Waals surface area contributed by atoms with Crippen LogP contribution in [0, 0.1) is 17.2 Å². The molecular formula is C21H29N3O5. The molecule has 1 aromatic carbocycles. The number of carbonyl (C=O) groups excluding carboxylic acids is 3. The third-order valence-corrected chi connectivity index (χ3v) is 4.19. The zero-order chi connectivity index (χ0) is 21.5. The van der Waals surface area contributed by atoms with Gasteiger partial charge in [-0.25, -0.2) is 9.59 Å². The number of esters is 1. The van der Waals surface area contributed by atoms with Gasteiger partial charge in [0.1, 0.15) is 12.6 Å². The average molecular weight is 403 g/mol. The average Bonchev–Trinajstić information content (AvgIpc) is 2.74. The first-order valence-corrected chi connectivity index (χ1v) is 9.67. The standard InChI is InChI=1S/C21H29N3O5/c1-16(14-22)13-18(20(26)28-2)24-19(25)11-7-4-8-12-23-21(27)29-15-17-9-5-3-6-10-17/h3,5-6,9-10,16,18H,4,7-8,11-13,15H2,1-2H3,(H,23,27)(H,24,25)/t16-,18+/m1/s1. The summed E-state index contributed by atoms with van der Waals surface area (Å²) >= 11 is 0. The van der Waals surface area contributed by atoms with E-state index in [1.54, 1.807) is 6.92 Å². The number of nitrogens with one attached hydrogen (secondary N) is 2. The first kappa shape index (κ1) is 24.0. The van der Waals surface area contributed by atoms with Gasteiger partial charge in [0.25, 0.3) is 0 Å². The third kappa shape index (κ3) is 10.7. The second-order valence-electron chi connectivity index (χ2n) is 6.71. The molecule has 2 N–H and O–H groups in total. The Morgan fingerprint density at radius 1 is 1.14 bits per heavy atom. The molecule has 0 fully saturated rings. The highest BCUT2D eigenvalue weighted by Crippen LogP contribution is 2.08. The first-order valence-electron chi connectivity index (χ1n) is 9.67. The Kier molecular flexibility index (Phi) is 11.6. The number of carbonyl (C=O) groups is 3. The quantitative estimate of drug-likeness (QED) is 0.409. The molecule has 0 unspecified atom stereocenters. The van der Waals surface area contributed by atoms with Crippen molar-refractivity contribution in [3.63, 3.8) is 0 Å². The van der Waals surface area contributed by atoms with Gasteiger partial charge in [-0.3, -0.25) is 4.79 Å². The number of hydrogen-bond acceptors (Lipinski definition) is 6. The van der Waals surface area contributed by atoms with Crippen molar-refractivity contribution in [2.75, 3.05) is 13.7 Å². The zero-order valence-corrected chi connectivity index (χ0v) is 17.0. The van der Waals surface area contributed by atoms with E-state index in [4.69, 9.17) is 10.00 Å². The van der Waals surface area contributed by atoms with Gasteiger partial charge in [0.15, 0.2) is 0 Å². The number of nitriles is 1. The van der Waals surface area contributed by atoms with Crippen molar-refractivity contribution in [3.05, 3.63) is 35.9 Å². The minimum Gasteiger partial charge on any atom is -0.467 e. The number of nitrogens with zero attached hydrogens (tertiary/aromatic N) is 1. The van der Waals surface area contributed by atoms with Crippen molar-refractivity contribution in [3.8, 4) is 6.07 Å². The SMILES string of the molecule is COC(=O)[C@H](C[C@@H](C)C#N)NC(=O)CCCCCNC(=O)OCc1ccccc1. The van der Waals surface area contributed by atoms with E-state index in [2.05, 4.69) is 15.4 Å². The van der Waals surface area contributed by atoms with E-state index in [1.807, 2.05) is 36.4 Å². The molecule has 1 rings (SSSR count). The summed E-state index contributed by atoms with van der Waals surface area (Å²) in [6.45, 7) is 2.36. The number of benzene rings is 1. The highest BCUT2D eigenvalue weighted by atomic mass is 16.5. The van der Waals surface area contributed by atoms with Crippen LogP contribution in [0.5, 0.6) is 0 Å². The van der Waals surface area contributed by atoms with Crippen LogP contribution in [-0.2, 0) is 25.7 Å². The molecule has 0 saturated heterocycles. The molecule has 0 saturated carbocycles. The van der Waals surface area contributed by atoms with Crippen LogP contribution in [0.4, 0.5) is 4.79 Å². The summed E-state index contributed by atoms with van der Waals surface area (Å²) in [7, 11) is 1.25. The van der Waals surface area contributed by atoms with Gasteiger partial charge in [-0.05, 0) is 31.7 Å². The lowest BCUT2D eigenvalue weighted by atomic mass is 10.0. The maximum absolute atomic E-state index is 12.0. The maximum atomic E-state index is 12.0. The van der Waals surface area contributed by atoms with Crippen molar-refractivity contribution in [1.82, 2.24) is 10.6 Å². The fourth-order valence-electron chi connectivity index (χ4n) is 2.58. The summed E-state index contributed by atoms with van der Waals surface area (Å²) in [6, 6.07) is 10.6. The maximum Gasteiger partial charge on any atom is 0.407 e. The summed E-state index contributed by atoms with van der Waals surface area (Å²) in [4.78, 5) is 35.4. The minimum absolute atomic E-state index is 0.212. The van der Waals surface area contributed by atoms with Crippen LogP contribution in [0.2, 0.25) is 0 Å². The lowest BCUT2D eigenvalue weighted by Gasteiger charge is -2.17. The first-order chi connectivity index (χ1) is 14.0. The monoisotopic (exact) mass is 403 g/mol. The number of alkyl carbamates (subject to hydrolysis) is 1. The third-order valence-electron chi connectivity index (χ3n) is 4.19. The summed E-state index contributed by atoms with van der Waals surface area (Å²) in [5.41, 5.74) is 0.920. The van der Waals surface area contributed by atoms with E-state index in [0.29, 0.717) is 19.4 Å². The molecule has 0 radical (unpaired) electrons. The van der Waals surface area contributed by atoms with Crippen LogP contribution in [0.3, 0.4) is 0 Å². The summed E-state index contributed by atoms with van der Waals surface area (Å²) in [6.07, 6.45) is 2.06. The Hall–Kier alpha value is -3.08. The number of amides is 2. The molecule has 1 aromatic rings. The molecule has 0 bridgehead atoms. The molecule has 0 aliphatic heterocycles. The Morgan fingerprint density at radius 2 is 1.86 bits per heavy atom. The molecule has 0 spiro atoms. The van der Waals surface area contributed by atoms with Crippen LogP contribution in [0.1, 0.15) is 44.6 Å². The van der Waals surface area contributed by atoms with Crippen LogP contribution in [0.15, 0.2) is 30.3 Å². The van der Waals surface area contributed by atoms with Gasteiger partial charge in [-0.1, -0.05) is 36.8 Å². The second kappa shape index (κ2) is 14.0. The number of ether oxygens (including phenoxy) is 2. The van der Waals surface area contributed by atoms with Crippen molar-refractivity contribution in [1.29, 1.82) is 5.26 Å². The van der Waals surface area contributed by atoms with E-state index in [9.17, 15) is 14.4 Å². The molecule has 0 aliphatic carbocycles. The van der Waals surface area contributed by atoms with Gasteiger partial charge >= 0.3 is 12.1 Å². The molecule has 29 heavy (non-hydrogen) atoms. The topological polar surface area (TPSA) is 118 Å². The van der Waals surface area contributed by atoms with E-state index in [1.165, 1.54) is 7.11 Å². The molecule has 0 aromatic heterocycles. The highest BCUT2D eigenvalue weighted by Gasteiger charge is 2.23. The van der Waals surface area contributed by atoms with Crippen molar-refractivity contribution < 1.29 is 23.9 Å². The fraction of sp³-hybridized carbons (Fsp3) is 0.524. The lowest BCUT2D eigenvalue weighted by Crippen LogP contribution is -2.42. The van der Waals surface area contributed by atoms with Crippen LogP contribution in [-0.4, -0.2) is 37.7 Å². The van der Waals surface area contributed by atoms with E-state index >= 15 is 0 Å². The lowest BCUT2D eigenvalue weighted by molar-refractivity contribution is -0.145. The second-order valence-corrected chi connectivity index (χ2v) is 6.71. The van der Waals surface area contributed by atoms with Crippen LogP contribution < -0.4 is 10.6 Å². The van der Waals surface area contributed by atoms with E-state index in [0.717, 1.165) is 12.0 Å². The molecule has 8 heteroatoms. The van der Waals surface area contributed by atoms with Gasteiger partial charge in [-0.15, -0.1) is 0 Å². The molecule has 2 amide bonds. The number of methoxy groups -OCH3 is 1.